The predicted molar refractivity (Wildman–Crippen MR) is 191 cm³/mol. The number of urea groups is 1. The number of hydrogen-bond donors (Lipinski definition) is 2. The van der Waals surface area contributed by atoms with Gasteiger partial charge in [-0.1, -0.05) is 18.2 Å². The number of benzene rings is 2. The van der Waals surface area contributed by atoms with E-state index in [1.54, 1.807) is 14.7 Å². The summed E-state index contributed by atoms with van der Waals surface area (Å²) >= 11 is 0. The van der Waals surface area contributed by atoms with E-state index in [0.29, 0.717) is 70.0 Å². The van der Waals surface area contributed by atoms with Crippen molar-refractivity contribution < 1.29 is 40.7 Å². The van der Waals surface area contributed by atoms with E-state index in [-0.39, 0.29) is 37.1 Å². The Kier molecular flexibility index (Phi) is 12.0. The minimum atomic E-state index is -5.17. The molecule has 6 rings (SSSR count). The molecule has 4 aliphatic heterocycles. The third kappa shape index (κ3) is 9.24. The molecule has 10 nitrogen and oxygen atoms in total. The van der Waals surface area contributed by atoms with Crippen molar-refractivity contribution in [2.24, 2.45) is 5.92 Å². The van der Waals surface area contributed by atoms with Crippen molar-refractivity contribution in [3.05, 3.63) is 58.7 Å². The topological polar surface area (TPSA) is 105 Å². The summed E-state index contributed by atoms with van der Waals surface area (Å²) in [5.74, 6) is -2.08. The van der Waals surface area contributed by atoms with E-state index in [0.717, 1.165) is 43.7 Å². The highest BCUT2D eigenvalue weighted by Crippen LogP contribution is 2.42. The number of halogens is 6. The van der Waals surface area contributed by atoms with Crippen molar-refractivity contribution >= 4 is 29.2 Å². The van der Waals surface area contributed by atoms with Gasteiger partial charge in [0.1, 0.15) is 0 Å². The molecule has 0 radical (unpaired) electrons. The van der Waals surface area contributed by atoms with E-state index in [2.05, 4.69) is 22.2 Å². The van der Waals surface area contributed by atoms with Crippen molar-refractivity contribution in [2.75, 3.05) is 77.0 Å². The van der Waals surface area contributed by atoms with Gasteiger partial charge in [0.05, 0.1) is 22.7 Å². The van der Waals surface area contributed by atoms with Crippen LogP contribution in [0, 0.1) is 5.92 Å². The number of carbonyl (C=O) groups excluding carboxylic acids is 3. The van der Waals surface area contributed by atoms with Gasteiger partial charge in [-0.05, 0) is 94.4 Å². The molecule has 2 aromatic rings. The summed E-state index contributed by atoms with van der Waals surface area (Å²) in [6.07, 6.45) is -6.96. The second-order valence-electron chi connectivity index (χ2n) is 15.1. The molecule has 2 aromatic carbocycles. The molecule has 3 fully saturated rings. The van der Waals surface area contributed by atoms with E-state index < -0.39 is 53.3 Å². The lowest BCUT2D eigenvalue weighted by atomic mass is 9.90. The Balaban J connectivity index is 1.18. The fraction of sp³-hybridized carbons (Fsp3) is 0.605. The van der Waals surface area contributed by atoms with Gasteiger partial charge in [0.15, 0.2) is 0 Å². The molecular weight excluding hydrogens is 716 g/mol. The highest BCUT2D eigenvalue weighted by molar-refractivity contribution is 5.91. The van der Waals surface area contributed by atoms with Crippen LogP contribution in [0.4, 0.5) is 42.5 Å². The first-order valence-electron chi connectivity index (χ1n) is 18.8. The maximum Gasteiger partial charge on any atom is 0.418 e. The van der Waals surface area contributed by atoms with Crippen molar-refractivity contribution in [1.29, 1.82) is 0 Å². The normalized spacial score (nSPS) is 20.9. The van der Waals surface area contributed by atoms with Gasteiger partial charge in [-0.25, -0.2) is 4.79 Å². The lowest BCUT2D eigenvalue weighted by Crippen LogP contribution is -2.50. The number of carbonyl (C=O) groups is 3. The summed E-state index contributed by atoms with van der Waals surface area (Å²) in [4.78, 5) is 50.8. The summed E-state index contributed by atoms with van der Waals surface area (Å²) in [5.41, 5.74) is 2.14. The Hall–Kier alpha value is -4.05. The number of nitrogens with zero attached hydrogens (tertiary/aromatic N) is 5. The first kappa shape index (κ1) is 39.6. The van der Waals surface area contributed by atoms with E-state index in [1.807, 2.05) is 24.3 Å². The molecule has 54 heavy (non-hydrogen) atoms. The number of nitrogen functional groups attached to an aromatic ring is 1. The highest BCUT2D eigenvalue weighted by atomic mass is 19.4. The summed E-state index contributed by atoms with van der Waals surface area (Å²) in [6, 6.07) is 8.72. The molecule has 0 aromatic heterocycles. The Morgan fingerprint density at radius 2 is 1.44 bits per heavy atom. The smallest absolute Gasteiger partial charge is 0.398 e. The van der Waals surface area contributed by atoms with E-state index in [4.69, 9.17) is 5.73 Å². The molecule has 1 atom stereocenters. The largest absolute Gasteiger partial charge is 0.418 e. The zero-order chi connectivity index (χ0) is 38.8. The molecule has 4 heterocycles. The second kappa shape index (κ2) is 16.4. The molecule has 3 N–H and O–H groups in total. The summed E-state index contributed by atoms with van der Waals surface area (Å²) in [5, 5.41) is 2.96. The Morgan fingerprint density at radius 3 is 2.09 bits per heavy atom. The number of rotatable bonds is 7. The Labute approximate surface area is 311 Å². The summed E-state index contributed by atoms with van der Waals surface area (Å²) in [7, 11) is 2.08. The van der Waals surface area contributed by atoms with Gasteiger partial charge in [-0.3, -0.25) is 14.5 Å². The van der Waals surface area contributed by atoms with Crippen molar-refractivity contribution in [3.8, 4) is 0 Å². The van der Waals surface area contributed by atoms with Crippen LogP contribution in [-0.2, 0) is 34.8 Å². The fourth-order valence-electron chi connectivity index (χ4n) is 8.48. The molecular formula is C38H49F6N7O3. The van der Waals surface area contributed by atoms with E-state index >= 15 is 0 Å². The number of fused-ring (bicyclic) bond motifs is 1. The standard InChI is InChI=1S/C38H49F6N7O3/c1-47-14-8-28(9-15-47)48-12-4-13-50(20-19-48)35(53)27(21-25-22-30(37(39,40)41)34(45)31(23-25)38(42,43)44)24-33(52)49-16-10-29(11-17-49)51-18-7-26-5-2-3-6-32(26)46-36(51)54/h2-3,5-6,22-23,27-29H,4,7-21,24,45H2,1H3,(H,46,54)/t27-/m0/s1. The summed E-state index contributed by atoms with van der Waals surface area (Å²) < 4.78 is 83.7. The molecule has 4 aliphatic rings. The maximum absolute atomic E-state index is 14.3. The SMILES string of the molecule is CN1CCC(N2CCCN(C(=O)[C@H](CC(=O)N3CCC(N4CCc5ccccc5NC4=O)CC3)Cc3cc(C(F)(F)F)c(N)c(C(F)(F)F)c3)CC2)CC1. The van der Waals surface area contributed by atoms with E-state index in [9.17, 15) is 40.7 Å². The number of para-hydroxylation sites is 1. The predicted octanol–water partition coefficient (Wildman–Crippen LogP) is 5.56. The number of piperidine rings is 2. The van der Waals surface area contributed by atoms with E-state index in [1.165, 1.54) is 0 Å². The number of anilines is 2. The molecule has 0 saturated carbocycles. The monoisotopic (exact) mass is 765 g/mol. The van der Waals surface area contributed by atoms with Gasteiger partial charge < -0.3 is 30.7 Å². The van der Waals surface area contributed by atoms with Gasteiger partial charge in [-0.2, -0.15) is 26.3 Å². The number of hydrogen-bond acceptors (Lipinski definition) is 6. The third-order valence-corrected chi connectivity index (χ3v) is 11.5. The van der Waals surface area contributed by atoms with Crippen LogP contribution in [0.15, 0.2) is 36.4 Å². The number of alkyl halides is 6. The van der Waals surface area contributed by atoms with Gasteiger partial charge in [0, 0.05) is 70.0 Å². The Morgan fingerprint density at radius 1 is 0.815 bits per heavy atom. The molecule has 16 heteroatoms. The molecule has 4 amide bonds. The minimum absolute atomic E-state index is 0.137. The van der Waals surface area contributed by atoms with Crippen LogP contribution in [0.1, 0.15) is 60.8 Å². The third-order valence-electron chi connectivity index (χ3n) is 11.5. The quantitative estimate of drug-likeness (QED) is 0.283. The highest BCUT2D eigenvalue weighted by Gasteiger charge is 2.42. The number of nitrogens with two attached hydrogens (primary N) is 1. The van der Waals surface area contributed by atoms with Crippen LogP contribution in [0.25, 0.3) is 0 Å². The average Bonchev–Trinajstić information content (AvgIpc) is 3.47. The lowest BCUT2D eigenvalue weighted by molar-refractivity contribution is -0.142. The van der Waals surface area contributed by atoms with Gasteiger partial charge >= 0.3 is 18.4 Å². The molecule has 3 saturated heterocycles. The van der Waals surface area contributed by atoms with Gasteiger partial charge in [0.25, 0.3) is 0 Å². The van der Waals surface area contributed by atoms with Crippen LogP contribution in [0.3, 0.4) is 0 Å². The molecule has 0 unspecified atom stereocenters. The average molecular weight is 766 g/mol. The lowest BCUT2D eigenvalue weighted by Gasteiger charge is -2.38. The van der Waals surface area contributed by atoms with Crippen molar-refractivity contribution in [3.63, 3.8) is 0 Å². The van der Waals surface area contributed by atoms with Crippen LogP contribution in [-0.4, -0.2) is 120 Å². The number of amides is 4. The van der Waals surface area contributed by atoms with Crippen molar-refractivity contribution in [1.82, 2.24) is 24.5 Å². The second-order valence-corrected chi connectivity index (χ2v) is 15.1. The zero-order valence-corrected chi connectivity index (χ0v) is 30.5. The molecule has 0 spiro atoms. The van der Waals surface area contributed by atoms with Crippen LogP contribution < -0.4 is 11.1 Å². The zero-order valence-electron chi connectivity index (χ0n) is 30.5. The minimum Gasteiger partial charge on any atom is -0.398 e. The van der Waals surface area contributed by atoms with Gasteiger partial charge in [0.2, 0.25) is 11.8 Å². The van der Waals surface area contributed by atoms with Crippen LogP contribution in [0.2, 0.25) is 0 Å². The number of nitrogens with one attached hydrogen (secondary N) is 1. The van der Waals surface area contributed by atoms with Crippen molar-refractivity contribution in [2.45, 2.75) is 75.8 Å². The first-order valence-corrected chi connectivity index (χ1v) is 18.8. The number of likely N-dealkylation sites (tertiary alicyclic amines) is 2. The first-order chi connectivity index (χ1) is 25.6. The van der Waals surface area contributed by atoms with Crippen LogP contribution >= 0.6 is 0 Å². The summed E-state index contributed by atoms with van der Waals surface area (Å²) in [6.45, 7) is 5.06. The molecule has 296 valence electrons. The fourth-order valence-corrected chi connectivity index (χ4v) is 8.48. The molecule has 0 bridgehead atoms. The maximum atomic E-state index is 14.3. The van der Waals surface area contributed by atoms with Crippen LogP contribution in [0.5, 0.6) is 0 Å². The van der Waals surface area contributed by atoms with Gasteiger partial charge in [-0.15, -0.1) is 0 Å². The Bertz CT molecular complexity index is 1640. The molecule has 0 aliphatic carbocycles.